The van der Waals surface area contributed by atoms with E-state index < -0.39 is 11.6 Å². The van der Waals surface area contributed by atoms with E-state index in [4.69, 9.17) is 5.73 Å². The van der Waals surface area contributed by atoms with Gasteiger partial charge < -0.3 is 15.8 Å². The van der Waals surface area contributed by atoms with Gasteiger partial charge in [-0.2, -0.15) is 0 Å². The topological polar surface area (TPSA) is 79.1 Å². The quantitative estimate of drug-likeness (QED) is 0.617. The lowest BCUT2D eigenvalue weighted by Gasteiger charge is -2.47. The third kappa shape index (κ3) is 1.57. The third-order valence-corrected chi connectivity index (χ3v) is 4.27. The lowest BCUT2D eigenvalue weighted by molar-refractivity contribution is 0.116. The van der Waals surface area contributed by atoms with Gasteiger partial charge in [0.15, 0.2) is 0 Å². The molecule has 2 aliphatic rings. The first-order valence-electron chi connectivity index (χ1n) is 6.52. The van der Waals surface area contributed by atoms with Gasteiger partial charge in [0, 0.05) is 12.0 Å². The van der Waals surface area contributed by atoms with Crippen LogP contribution in [0.1, 0.15) is 37.6 Å². The Morgan fingerprint density at radius 3 is 2.95 bits per heavy atom. The molecule has 0 unspecified atom stereocenters. The van der Waals surface area contributed by atoms with Crippen molar-refractivity contribution in [3.05, 3.63) is 57.0 Å². The second-order valence-corrected chi connectivity index (χ2v) is 5.53. The van der Waals surface area contributed by atoms with Crippen molar-refractivity contribution in [2.75, 3.05) is 0 Å². The average Bonchev–Trinajstić information content (AvgIpc) is 2.35. The molecule has 0 radical (unpaired) electrons. The number of nitrogens with one attached hydrogen (secondary N) is 1. The van der Waals surface area contributed by atoms with Crippen LogP contribution in [0.3, 0.4) is 0 Å². The Labute approximate surface area is 111 Å². The monoisotopic (exact) mass is 258 g/mol. The molecule has 3 rings (SSSR count). The highest BCUT2D eigenvalue weighted by Crippen LogP contribution is 2.51. The molecule has 2 bridgehead atoms. The lowest BCUT2D eigenvalue weighted by atomic mass is 9.62. The van der Waals surface area contributed by atoms with E-state index in [0.717, 1.165) is 17.6 Å². The van der Waals surface area contributed by atoms with E-state index in [0.29, 0.717) is 5.69 Å². The van der Waals surface area contributed by atoms with Crippen LogP contribution in [-0.2, 0) is 5.54 Å². The number of allylic oxidation sites excluding steroid dienone is 1. The van der Waals surface area contributed by atoms with Gasteiger partial charge in [0.2, 0.25) is 5.56 Å². The summed E-state index contributed by atoms with van der Waals surface area (Å²) in [6.07, 6.45) is 4.03. The summed E-state index contributed by atoms with van der Waals surface area (Å²) in [5.41, 5.74) is 9.41. The SMILES string of the molecule is CC=C1[C@H]2C=C(C)C[C@]1(N)c1ccc(=O)[nH]c1[C@@H]2O. The number of hydrogen-bond acceptors (Lipinski definition) is 3. The van der Waals surface area contributed by atoms with Crippen molar-refractivity contribution in [3.8, 4) is 0 Å². The molecule has 0 spiro atoms. The van der Waals surface area contributed by atoms with Crippen LogP contribution in [0.4, 0.5) is 0 Å². The molecule has 1 aromatic rings. The first-order chi connectivity index (χ1) is 8.97. The molecule has 4 nitrogen and oxygen atoms in total. The van der Waals surface area contributed by atoms with Gasteiger partial charge >= 0.3 is 0 Å². The van der Waals surface area contributed by atoms with Crippen molar-refractivity contribution in [1.82, 2.24) is 4.98 Å². The summed E-state index contributed by atoms with van der Waals surface area (Å²) < 4.78 is 0. The number of rotatable bonds is 0. The standard InChI is InChI=1S/C15H18N2O2/c1-3-10-9-6-8(2)7-15(10,16)11-4-5-12(18)17-13(11)14(9)19/h3-6,9,14,19H,7,16H2,1-2H3,(H,17,18)/t9-,14-,15-/m1/s1. The Morgan fingerprint density at radius 2 is 2.26 bits per heavy atom. The van der Waals surface area contributed by atoms with Crippen LogP contribution in [-0.4, -0.2) is 10.1 Å². The van der Waals surface area contributed by atoms with Gasteiger partial charge in [-0.05, 0) is 37.5 Å². The Kier molecular flexibility index (Phi) is 2.56. The van der Waals surface area contributed by atoms with Gasteiger partial charge in [0.05, 0.1) is 11.2 Å². The van der Waals surface area contributed by atoms with Gasteiger partial charge in [-0.3, -0.25) is 4.79 Å². The van der Waals surface area contributed by atoms with Crippen molar-refractivity contribution in [1.29, 1.82) is 0 Å². The van der Waals surface area contributed by atoms with E-state index in [9.17, 15) is 9.90 Å². The van der Waals surface area contributed by atoms with Gasteiger partial charge in [0.25, 0.3) is 0 Å². The minimum absolute atomic E-state index is 0.144. The second-order valence-electron chi connectivity index (χ2n) is 5.53. The zero-order valence-electron chi connectivity index (χ0n) is 11.1. The normalized spacial score (nSPS) is 34.9. The highest BCUT2D eigenvalue weighted by Gasteiger charge is 2.47. The molecule has 3 atom stereocenters. The summed E-state index contributed by atoms with van der Waals surface area (Å²) in [6.45, 7) is 3.98. The van der Waals surface area contributed by atoms with Gasteiger partial charge in [-0.15, -0.1) is 0 Å². The van der Waals surface area contributed by atoms with E-state index >= 15 is 0 Å². The zero-order chi connectivity index (χ0) is 13.8. The Bertz CT molecular complexity index is 656. The maximum absolute atomic E-state index is 11.5. The van der Waals surface area contributed by atoms with Crippen molar-refractivity contribution in [3.63, 3.8) is 0 Å². The van der Waals surface area contributed by atoms with E-state index in [-0.39, 0.29) is 11.5 Å². The number of aliphatic hydroxyl groups excluding tert-OH is 1. The molecule has 0 aliphatic heterocycles. The Balaban J connectivity index is 2.34. The Hall–Kier alpha value is -1.65. The maximum atomic E-state index is 11.5. The van der Waals surface area contributed by atoms with Crippen LogP contribution >= 0.6 is 0 Å². The number of fused-ring (bicyclic) bond motifs is 4. The predicted octanol–water partition coefficient (Wildman–Crippen LogP) is 1.49. The number of aromatic nitrogens is 1. The highest BCUT2D eigenvalue weighted by atomic mass is 16.3. The number of aliphatic hydroxyl groups is 1. The highest BCUT2D eigenvalue weighted by molar-refractivity contribution is 5.50. The van der Waals surface area contributed by atoms with Crippen LogP contribution < -0.4 is 11.3 Å². The van der Waals surface area contributed by atoms with E-state index in [1.54, 1.807) is 6.07 Å². The summed E-state index contributed by atoms with van der Waals surface area (Å²) in [7, 11) is 0. The molecule has 4 heteroatoms. The summed E-state index contributed by atoms with van der Waals surface area (Å²) in [5, 5.41) is 10.5. The molecule has 0 fully saturated rings. The number of H-pyrrole nitrogens is 1. The molecule has 4 N–H and O–H groups in total. The third-order valence-electron chi connectivity index (χ3n) is 4.27. The number of nitrogens with two attached hydrogens (primary N) is 1. The minimum atomic E-state index is -0.734. The molecule has 0 aromatic carbocycles. The number of pyridine rings is 1. The number of hydrogen-bond donors (Lipinski definition) is 3. The summed E-state index contributed by atoms with van der Waals surface area (Å²) in [5.74, 6) is -0.144. The van der Waals surface area contributed by atoms with Crippen molar-refractivity contribution >= 4 is 0 Å². The fraction of sp³-hybridized carbons (Fsp3) is 0.400. The number of aromatic amines is 1. The molecular formula is C15H18N2O2. The summed E-state index contributed by atoms with van der Waals surface area (Å²) in [4.78, 5) is 14.2. The molecule has 0 saturated carbocycles. The fourth-order valence-corrected chi connectivity index (χ4v) is 3.55. The van der Waals surface area contributed by atoms with Crippen LogP contribution in [0.25, 0.3) is 0 Å². The van der Waals surface area contributed by atoms with Crippen LogP contribution in [0, 0.1) is 5.92 Å². The smallest absolute Gasteiger partial charge is 0.248 e. The van der Waals surface area contributed by atoms with E-state index in [1.165, 1.54) is 11.6 Å². The summed E-state index contributed by atoms with van der Waals surface area (Å²) in [6, 6.07) is 3.22. The van der Waals surface area contributed by atoms with Gasteiger partial charge in [-0.25, -0.2) is 0 Å². The molecule has 19 heavy (non-hydrogen) atoms. The fourth-order valence-electron chi connectivity index (χ4n) is 3.55. The van der Waals surface area contributed by atoms with Crippen LogP contribution in [0.5, 0.6) is 0 Å². The molecule has 1 heterocycles. The molecule has 100 valence electrons. The van der Waals surface area contributed by atoms with E-state index in [2.05, 4.69) is 11.1 Å². The van der Waals surface area contributed by atoms with E-state index in [1.807, 2.05) is 19.9 Å². The molecule has 1 aromatic heterocycles. The first kappa shape index (κ1) is 12.4. The van der Waals surface area contributed by atoms with Crippen molar-refractivity contribution in [2.24, 2.45) is 11.7 Å². The second kappa shape index (κ2) is 3.92. The van der Waals surface area contributed by atoms with Crippen molar-refractivity contribution in [2.45, 2.75) is 31.9 Å². The zero-order valence-corrected chi connectivity index (χ0v) is 11.1. The molecule has 0 amide bonds. The largest absolute Gasteiger partial charge is 0.386 e. The predicted molar refractivity (Wildman–Crippen MR) is 73.5 cm³/mol. The minimum Gasteiger partial charge on any atom is -0.386 e. The Morgan fingerprint density at radius 1 is 1.53 bits per heavy atom. The maximum Gasteiger partial charge on any atom is 0.248 e. The van der Waals surface area contributed by atoms with Crippen LogP contribution in [0.15, 0.2) is 40.2 Å². The lowest BCUT2D eigenvalue weighted by Crippen LogP contribution is -2.49. The molecule has 2 aliphatic carbocycles. The molecular weight excluding hydrogens is 240 g/mol. The molecule has 0 saturated heterocycles. The van der Waals surface area contributed by atoms with Crippen LogP contribution in [0.2, 0.25) is 0 Å². The summed E-state index contributed by atoms with van der Waals surface area (Å²) >= 11 is 0. The average molecular weight is 258 g/mol. The van der Waals surface area contributed by atoms with Crippen molar-refractivity contribution < 1.29 is 5.11 Å². The van der Waals surface area contributed by atoms with Gasteiger partial charge in [-0.1, -0.05) is 17.7 Å². The first-order valence-corrected chi connectivity index (χ1v) is 6.52. The van der Waals surface area contributed by atoms with Gasteiger partial charge in [0.1, 0.15) is 6.10 Å².